The third-order valence-corrected chi connectivity index (χ3v) is 9.10. The lowest BCUT2D eigenvalue weighted by Gasteiger charge is -2.61. The number of benzene rings is 1. The van der Waals surface area contributed by atoms with E-state index in [2.05, 4.69) is 16.0 Å². The molecule has 1 aromatic carbocycles. The average molecular weight is 462 g/mol. The van der Waals surface area contributed by atoms with Gasteiger partial charge in [-0.05, 0) is 92.8 Å². The molecule has 4 aliphatic rings. The number of rotatable bonds is 5. The number of phenols is 1. The highest BCUT2D eigenvalue weighted by Gasteiger charge is 2.63. The van der Waals surface area contributed by atoms with E-state index in [0.717, 1.165) is 49.5 Å². The van der Waals surface area contributed by atoms with Gasteiger partial charge in [-0.15, -0.1) is 0 Å². The summed E-state index contributed by atoms with van der Waals surface area (Å²) in [6, 6.07) is 11.6. The van der Waals surface area contributed by atoms with E-state index in [1.807, 2.05) is 29.2 Å². The lowest BCUT2D eigenvalue weighted by atomic mass is 9.52. The smallest absolute Gasteiger partial charge is 0.222 e. The number of aromatic hydroxyl groups is 1. The standard InChI is InChI=1S/C28H35N3O3/c32-23-8-6-21-17-25-28(34)12-16-30(26(33)9-7-22-3-1-2-13-29-22)14-10-27(28,24(21)18-23)11-15-31(25)19-20-4-5-20/h1-3,6,8,13,18,20,25,32,34H,4-5,7,9-12,14-17,19H2. The highest BCUT2D eigenvalue weighted by molar-refractivity contribution is 5.76. The van der Waals surface area contributed by atoms with Gasteiger partial charge in [0.2, 0.25) is 5.91 Å². The van der Waals surface area contributed by atoms with E-state index in [1.165, 1.54) is 18.4 Å². The fraction of sp³-hybridized carbons (Fsp3) is 0.571. The molecule has 34 heavy (non-hydrogen) atoms. The summed E-state index contributed by atoms with van der Waals surface area (Å²) < 4.78 is 0. The van der Waals surface area contributed by atoms with E-state index in [9.17, 15) is 15.0 Å². The number of aryl methyl sites for hydroxylation is 1. The van der Waals surface area contributed by atoms with Crippen LogP contribution in [0.4, 0.5) is 0 Å². The number of aliphatic hydroxyl groups is 1. The van der Waals surface area contributed by atoms with Crippen molar-refractivity contribution in [3.63, 3.8) is 0 Å². The fourth-order valence-electron chi connectivity index (χ4n) is 7.05. The molecular weight excluding hydrogens is 426 g/mol. The Kier molecular flexibility index (Phi) is 5.41. The number of likely N-dealkylation sites (tertiary alicyclic amines) is 2. The van der Waals surface area contributed by atoms with Gasteiger partial charge in [-0.1, -0.05) is 12.1 Å². The number of carbonyl (C=O) groups excluding carboxylic acids is 1. The Morgan fingerprint density at radius 2 is 1.91 bits per heavy atom. The predicted molar refractivity (Wildman–Crippen MR) is 130 cm³/mol. The van der Waals surface area contributed by atoms with Gasteiger partial charge in [0.15, 0.2) is 0 Å². The first-order valence-electron chi connectivity index (χ1n) is 12.9. The van der Waals surface area contributed by atoms with Crippen molar-refractivity contribution in [2.45, 2.75) is 68.4 Å². The molecule has 3 unspecified atom stereocenters. The van der Waals surface area contributed by atoms with Crippen molar-refractivity contribution in [3.8, 4) is 5.75 Å². The summed E-state index contributed by atoms with van der Waals surface area (Å²) in [5, 5.41) is 22.9. The molecule has 2 saturated heterocycles. The topological polar surface area (TPSA) is 76.9 Å². The number of pyridine rings is 1. The van der Waals surface area contributed by atoms with E-state index in [4.69, 9.17) is 0 Å². The van der Waals surface area contributed by atoms with Crippen LogP contribution in [0.5, 0.6) is 5.75 Å². The lowest BCUT2D eigenvalue weighted by Crippen LogP contribution is -2.71. The monoisotopic (exact) mass is 461 g/mol. The Balaban J connectivity index is 1.29. The zero-order valence-corrected chi connectivity index (χ0v) is 19.8. The van der Waals surface area contributed by atoms with Crippen LogP contribution in [0.1, 0.15) is 55.3 Å². The summed E-state index contributed by atoms with van der Waals surface area (Å²) >= 11 is 0. The van der Waals surface area contributed by atoms with Gasteiger partial charge in [0.25, 0.3) is 0 Å². The molecule has 6 nitrogen and oxygen atoms in total. The van der Waals surface area contributed by atoms with Crippen LogP contribution < -0.4 is 0 Å². The number of hydrogen-bond acceptors (Lipinski definition) is 5. The first kappa shape index (κ1) is 22.1. The molecule has 3 atom stereocenters. The highest BCUT2D eigenvalue weighted by atomic mass is 16.3. The van der Waals surface area contributed by atoms with Gasteiger partial charge in [0.1, 0.15) is 5.75 Å². The molecule has 3 fully saturated rings. The van der Waals surface area contributed by atoms with Gasteiger partial charge >= 0.3 is 0 Å². The molecule has 1 saturated carbocycles. The molecule has 0 spiro atoms. The van der Waals surface area contributed by atoms with Gasteiger partial charge in [-0.25, -0.2) is 0 Å². The van der Waals surface area contributed by atoms with Gasteiger partial charge in [-0.3, -0.25) is 14.7 Å². The van der Waals surface area contributed by atoms with Crippen LogP contribution in [-0.2, 0) is 23.1 Å². The molecule has 2 aromatic rings. The maximum absolute atomic E-state index is 13.2. The van der Waals surface area contributed by atoms with Crippen LogP contribution in [0.2, 0.25) is 0 Å². The van der Waals surface area contributed by atoms with Crippen LogP contribution in [0.15, 0.2) is 42.6 Å². The molecule has 0 radical (unpaired) electrons. The summed E-state index contributed by atoms with van der Waals surface area (Å²) in [6.07, 6.45) is 8.47. The molecule has 1 aromatic heterocycles. The van der Waals surface area contributed by atoms with Gasteiger partial charge in [0.05, 0.1) is 5.60 Å². The van der Waals surface area contributed by atoms with Crippen molar-refractivity contribution in [3.05, 3.63) is 59.4 Å². The lowest BCUT2D eigenvalue weighted by molar-refractivity contribution is -0.149. The number of piperidine rings is 1. The third kappa shape index (κ3) is 3.62. The molecule has 6 heteroatoms. The van der Waals surface area contributed by atoms with Crippen LogP contribution in [0, 0.1) is 5.92 Å². The van der Waals surface area contributed by atoms with Crippen molar-refractivity contribution in [1.82, 2.24) is 14.8 Å². The molecule has 2 aliphatic heterocycles. The van der Waals surface area contributed by atoms with E-state index in [-0.39, 0.29) is 17.7 Å². The number of nitrogens with zero attached hydrogens (tertiary/aromatic N) is 3. The molecule has 2 aliphatic carbocycles. The molecular formula is C28H35N3O3. The van der Waals surface area contributed by atoms with Crippen molar-refractivity contribution in [2.75, 3.05) is 26.2 Å². The number of amides is 1. The minimum absolute atomic E-state index is 0.0717. The fourth-order valence-corrected chi connectivity index (χ4v) is 7.05. The van der Waals surface area contributed by atoms with Gasteiger partial charge in [-0.2, -0.15) is 0 Å². The first-order valence-corrected chi connectivity index (χ1v) is 12.9. The second-order valence-corrected chi connectivity index (χ2v) is 11.0. The van der Waals surface area contributed by atoms with E-state index >= 15 is 0 Å². The van der Waals surface area contributed by atoms with Crippen molar-refractivity contribution in [1.29, 1.82) is 0 Å². The predicted octanol–water partition coefficient (Wildman–Crippen LogP) is 3.05. The van der Waals surface area contributed by atoms with Gasteiger partial charge < -0.3 is 15.1 Å². The summed E-state index contributed by atoms with van der Waals surface area (Å²) in [6.45, 7) is 3.28. The summed E-state index contributed by atoms with van der Waals surface area (Å²) in [4.78, 5) is 22.1. The first-order chi connectivity index (χ1) is 16.5. The molecule has 1 amide bonds. The SMILES string of the molecule is O=C(CCc1ccccn1)N1CCC23CCN(CC4CC4)C(Cc4ccc(O)cc42)C3(O)CC1. The Hall–Kier alpha value is -2.44. The summed E-state index contributed by atoms with van der Waals surface area (Å²) in [5.41, 5.74) is 1.99. The van der Waals surface area contributed by atoms with Crippen molar-refractivity contribution in [2.24, 2.45) is 5.92 Å². The molecule has 2 bridgehead atoms. The maximum Gasteiger partial charge on any atom is 0.222 e. The number of fused-ring (bicyclic) bond motifs is 1. The second kappa shape index (κ2) is 8.35. The Morgan fingerprint density at radius 3 is 2.71 bits per heavy atom. The largest absolute Gasteiger partial charge is 0.508 e. The van der Waals surface area contributed by atoms with E-state index in [0.29, 0.717) is 32.4 Å². The summed E-state index contributed by atoms with van der Waals surface area (Å²) in [7, 11) is 0. The minimum Gasteiger partial charge on any atom is -0.508 e. The Morgan fingerprint density at radius 1 is 1.09 bits per heavy atom. The van der Waals surface area contributed by atoms with Crippen molar-refractivity contribution < 1.29 is 15.0 Å². The Labute approximate surface area is 201 Å². The van der Waals surface area contributed by atoms with E-state index < -0.39 is 11.0 Å². The Bertz CT molecular complexity index is 1070. The number of phenolic OH excluding ortho intramolecular Hbond substituents is 1. The van der Waals surface area contributed by atoms with Crippen LogP contribution >= 0.6 is 0 Å². The van der Waals surface area contributed by atoms with E-state index in [1.54, 1.807) is 12.3 Å². The molecule has 3 heterocycles. The zero-order chi connectivity index (χ0) is 23.3. The highest BCUT2D eigenvalue weighted by Crippen LogP contribution is 2.56. The maximum atomic E-state index is 13.2. The molecule has 6 rings (SSSR count). The minimum atomic E-state index is -0.892. The average Bonchev–Trinajstić information content (AvgIpc) is 3.67. The van der Waals surface area contributed by atoms with Crippen molar-refractivity contribution >= 4 is 5.91 Å². The zero-order valence-electron chi connectivity index (χ0n) is 19.8. The third-order valence-electron chi connectivity index (χ3n) is 9.10. The quantitative estimate of drug-likeness (QED) is 0.716. The van der Waals surface area contributed by atoms with Crippen LogP contribution in [0.25, 0.3) is 0 Å². The normalized spacial score (nSPS) is 30.9. The molecule has 2 N–H and O–H groups in total. The van der Waals surface area contributed by atoms with Crippen LogP contribution in [-0.4, -0.2) is 68.7 Å². The van der Waals surface area contributed by atoms with Gasteiger partial charge in [0, 0.05) is 49.4 Å². The second-order valence-electron chi connectivity index (χ2n) is 11.0. The molecule has 180 valence electrons. The summed E-state index contributed by atoms with van der Waals surface area (Å²) in [5.74, 6) is 1.18. The number of carbonyl (C=O) groups is 1. The number of aromatic nitrogens is 1. The van der Waals surface area contributed by atoms with Crippen LogP contribution in [0.3, 0.4) is 0 Å². The number of hydrogen-bond donors (Lipinski definition) is 2.